The van der Waals surface area contributed by atoms with Gasteiger partial charge in [-0.1, -0.05) is 41.9 Å². The summed E-state index contributed by atoms with van der Waals surface area (Å²) in [4.78, 5) is 0. The van der Waals surface area contributed by atoms with E-state index in [9.17, 15) is 5.11 Å². The molecule has 1 heterocycles. The molecule has 0 amide bonds. The highest BCUT2D eigenvalue weighted by molar-refractivity contribution is 8.02. The van der Waals surface area contributed by atoms with Gasteiger partial charge in [-0.2, -0.15) is 0 Å². The second-order valence-electron chi connectivity index (χ2n) is 4.75. The minimum atomic E-state index is 0.120. The molecule has 0 bridgehead atoms. The normalized spacial score (nSPS) is 11.6. The van der Waals surface area contributed by atoms with Gasteiger partial charge >= 0.3 is 0 Å². The zero-order valence-corrected chi connectivity index (χ0v) is 13.6. The number of halogens is 1. The molecule has 1 aromatic heterocycles. The number of aromatic nitrogens is 2. The van der Waals surface area contributed by atoms with Gasteiger partial charge in [0.15, 0.2) is 0 Å². The predicted octanol–water partition coefficient (Wildman–Crippen LogP) is 4.96. The third-order valence-corrected chi connectivity index (χ3v) is 4.02. The molecule has 3 rings (SSSR count). The number of aliphatic hydroxyl groups excluding tert-OH is 1. The maximum atomic E-state index is 10.0. The summed E-state index contributed by atoms with van der Waals surface area (Å²) >= 11 is 6.99. The van der Waals surface area contributed by atoms with Crippen LogP contribution in [-0.4, -0.2) is 15.3 Å². The fourth-order valence-corrected chi connectivity index (χ4v) is 2.63. The number of rotatable bonds is 5. The maximum Gasteiger partial charge on any atom is 0.281 e. The molecule has 1 N–H and O–H groups in total. The van der Waals surface area contributed by atoms with Crippen LogP contribution in [0.4, 0.5) is 0 Å². The number of hydrogen-bond donors (Lipinski definition) is 1. The van der Waals surface area contributed by atoms with Crippen molar-refractivity contribution in [2.24, 2.45) is 0 Å². The van der Waals surface area contributed by atoms with Crippen LogP contribution in [0.3, 0.4) is 0 Å². The van der Waals surface area contributed by atoms with Crippen molar-refractivity contribution in [3.05, 3.63) is 82.0 Å². The lowest BCUT2D eigenvalue weighted by molar-refractivity contribution is 0.421. The highest BCUT2D eigenvalue weighted by atomic mass is 35.5. The lowest BCUT2D eigenvalue weighted by Gasteiger charge is -1.99. The third kappa shape index (κ3) is 4.37. The van der Waals surface area contributed by atoms with Crippen molar-refractivity contribution >= 4 is 29.1 Å². The van der Waals surface area contributed by atoms with Crippen LogP contribution in [0.15, 0.2) is 69.6 Å². The van der Waals surface area contributed by atoms with Crippen LogP contribution in [0.2, 0.25) is 5.02 Å². The molecule has 0 atom stereocenters. The summed E-state index contributed by atoms with van der Waals surface area (Å²) < 4.78 is 5.56. The number of nitrogens with zero attached hydrogens (tertiary/aromatic N) is 2. The summed E-state index contributed by atoms with van der Waals surface area (Å²) in [7, 11) is 0. The topological polar surface area (TPSA) is 59.2 Å². The smallest absolute Gasteiger partial charge is 0.281 e. The molecule has 0 spiro atoms. The Morgan fingerprint density at radius 2 is 1.83 bits per heavy atom. The van der Waals surface area contributed by atoms with Crippen molar-refractivity contribution < 1.29 is 9.52 Å². The Hall–Kier alpha value is -2.24. The molecule has 23 heavy (non-hydrogen) atoms. The van der Waals surface area contributed by atoms with Gasteiger partial charge in [0.1, 0.15) is 5.76 Å². The Kier molecular flexibility index (Phi) is 5.00. The molecule has 116 valence electrons. The number of aliphatic hydroxyl groups is 1. The third-order valence-electron chi connectivity index (χ3n) is 3.06. The largest absolute Gasteiger partial charge is 0.507 e. The van der Waals surface area contributed by atoms with E-state index in [1.165, 1.54) is 11.8 Å². The second-order valence-corrected chi connectivity index (χ2v) is 6.01. The van der Waals surface area contributed by atoms with Crippen molar-refractivity contribution in [1.82, 2.24) is 10.2 Å². The SMILES string of the molecule is O/C(=C\Sc1nnc(Cc2ccccc2)o1)c1ccc(Cl)cc1. The first-order chi connectivity index (χ1) is 11.2. The number of thioether (sulfide) groups is 1. The van der Waals surface area contributed by atoms with Crippen LogP contribution in [0.5, 0.6) is 0 Å². The Morgan fingerprint density at radius 1 is 1.09 bits per heavy atom. The average Bonchev–Trinajstić information content (AvgIpc) is 3.02. The standard InChI is InChI=1S/C17H13ClN2O2S/c18-14-8-6-13(7-9-14)15(21)11-23-17-20-19-16(22-17)10-12-4-2-1-3-5-12/h1-9,11,21H,10H2/b15-11-. The molecule has 0 radical (unpaired) electrons. The zero-order chi connectivity index (χ0) is 16.1. The first kappa shape index (κ1) is 15.6. The summed E-state index contributed by atoms with van der Waals surface area (Å²) in [5.41, 5.74) is 1.78. The Labute approximate surface area is 142 Å². The Morgan fingerprint density at radius 3 is 2.57 bits per heavy atom. The fraction of sp³-hybridized carbons (Fsp3) is 0.0588. The lowest BCUT2D eigenvalue weighted by Crippen LogP contribution is -1.87. The van der Waals surface area contributed by atoms with Crippen LogP contribution in [0.25, 0.3) is 5.76 Å². The van der Waals surface area contributed by atoms with Crippen LogP contribution >= 0.6 is 23.4 Å². The highest BCUT2D eigenvalue weighted by Gasteiger charge is 2.07. The first-order valence-electron chi connectivity index (χ1n) is 6.89. The van der Waals surface area contributed by atoms with Crippen molar-refractivity contribution in [3.63, 3.8) is 0 Å². The van der Waals surface area contributed by atoms with E-state index in [1.54, 1.807) is 29.7 Å². The van der Waals surface area contributed by atoms with Crippen LogP contribution in [0.1, 0.15) is 17.0 Å². The van der Waals surface area contributed by atoms with Gasteiger partial charge in [0.05, 0.1) is 6.42 Å². The van der Waals surface area contributed by atoms with E-state index < -0.39 is 0 Å². The van der Waals surface area contributed by atoms with Gasteiger partial charge in [0, 0.05) is 16.0 Å². The number of hydrogen-bond acceptors (Lipinski definition) is 5. The molecule has 0 fully saturated rings. The molecule has 0 aliphatic rings. The minimum Gasteiger partial charge on any atom is -0.507 e. The predicted molar refractivity (Wildman–Crippen MR) is 91.5 cm³/mol. The van der Waals surface area contributed by atoms with Crippen LogP contribution < -0.4 is 0 Å². The van der Waals surface area contributed by atoms with E-state index in [1.807, 2.05) is 30.3 Å². The minimum absolute atomic E-state index is 0.120. The molecule has 0 saturated carbocycles. The first-order valence-corrected chi connectivity index (χ1v) is 8.14. The molecule has 0 unspecified atom stereocenters. The monoisotopic (exact) mass is 344 g/mol. The second kappa shape index (κ2) is 7.35. The molecule has 2 aromatic carbocycles. The molecule has 4 nitrogen and oxygen atoms in total. The summed E-state index contributed by atoms with van der Waals surface area (Å²) in [6.45, 7) is 0. The van der Waals surface area contributed by atoms with E-state index >= 15 is 0 Å². The van der Waals surface area contributed by atoms with Crippen molar-refractivity contribution in [2.45, 2.75) is 11.6 Å². The number of benzene rings is 2. The van der Waals surface area contributed by atoms with Gasteiger partial charge in [-0.05, 0) is 41.6 Å². The average molecular weight is 345 g/mol. The zero-order valence-electron chi connectivity index (χ0n) is 12.0. The quantitative estimate of drug-likeness (QED) is 0.523. The van der Waals surface area contributed by atoms with Crippen molar-refractivity contribution in [1.29, 1.82) is 0 Å². The summed E-state index contributed by atoms with van der Waals surface area (Å²) in [5, 5.41) is 20.6. The van der Waals surface area contributed by atoms with Crippen molar-refractivity contribution in [2.75, 3.05) is 0 Å². The van der Waals surface area contributed by atoms with Crippen molar-refractivity contribution in [3.8, 4) is 0 Å². The molecule has 3 aromatic rings. The van der Waals surface area contributed by atoms with Gasteiger partial charge in [-0.25, -0.2) is 0 Å². The summed E-state index contributed by atoms with van der Waals surface area (Å²) in [5.74, 6) is 0.660. The summed E-state index contributed by atoms with van der Waals surface area (Å²) in [6.07, 6.45) is 0.585. The maximum absolute atomic E-state index is 10.0. The van der Waals surface area contributed by atoms with E-state index in [2.05, 4.69) is 10.2 Å². The molecular weight excluding hydrogens is 332 g/mol. The molecule has 0 saturated heterocycles. The highest BCUT2D eigenvalue weighted by Crippen LogP contribution is 2.24. The van der Waals surface area contributed by atoms with E-state index in [-0.39, 0.29) is 5.76 Å². The van der Waals surface area contributed by atoms with Gasteiger partial charge in [0.2, 0.25) is 5.89 Å². The Bertz CT molecular complexity index is 801. The lowest BCUT2D eigenvalue weighted by atomic mass is 10.2. The van der Waals surface area contributed by atoms with E-state index in [0.29, 0.717) is 28.1 Å². The molecular formula is C17H13ClN2O2S. The summed E-state index contributed by atoms with van der Waals surface area (Å²) in [6, 6.07) is 16.8. The van der Waals surface area contributed by atoms with Gasteiger partial charge < -0.3 is 9.52 Å². The molecule has 0 aliphatic heterocycles. The molecule has 0 aliphatic carbocycles. The van der Waals surface area contributed by atoms with Gasteiger partial charge in [-0.3, -0.25) is 0 Å². The van der Waals surface area contributed by atoms with Gasteiger partial charge in [-0.15, -0.1) is 10.2 Å². The fourth-order valence-electron chi connectivity index (χ4n) is 1.92. The van der Waals surface area contributed by atoms with Crippen LogP contribution in [-0.2, 0) is 6.42 Å². The van der Waals surface area contributed by atoms with E-state index in [0.717, 1.165) is 5.56 Å². The van der Waals surface area contributed by atoms with Gasteiger partial charge in [0.25, 0.3) is 5.22 Å². The Balaban J connectivity index is 1.64. The van der Waals surface area contributed by atoms with E-state index in [4.69, 9.17) is 16.0 Å². The van der Waals surface area contributed by atoms with Crippen LogP contribution in [0, 0.1) is 0 Å². The molecule has 6 heteroatoms.